The van der Waals surface area contributed by atoms with Gasteiger partial charge in [-0.2, -0.15) is 5.10 Å². The first-order valence-electron chi connectivity index (χ1n) is 10.6. The van der Waals surface area contributed by atoms with Gasteiger partial charge in [0.2, 0.25) is 5.88 Å². The van der Waals surface area contributed by atoms with Crippen LogP contribution in [0.2, 0.25) is 0 Å². The van der Waals surface area contributed by atoms with E-state index in [4.69, 9.17) is 4.74 Å². The van der Waals surface area contributed by atoms with Crippen molar-refractivity contribution in [1.82, 2.24) is 29.9 Å². The van der Waals surface area contributed by atoms with Crippen LogP contribution < -0.4 is 4.74 Å². The molecule has 1 aliphatic carbocycles. The standard InChI is InChI=1S/C23H28N6O/c1-16-5-4-8-24-21(16)12-29-14-23(15-29)9-18(10-23)13-30-22-7-6-20(25-26-22)19-11-28(3)27-17(19)2/h4-8,11,18H,9-10,12-15H2,1-3H3. The minimum atomic E-state index is 0.504. The number of rotatable bonds is 6. The predicted octanol–water partition coefficient (Wildman–Crippen LogP) is 3.18. The zero-order valence-corrected chi connectivity index (χ0v) is 17.9. The van der Waals surface area contributed by atoms with E-state index >= 15 is 0 Å². The van der Waals surface area contributed by atoms with E-state index in [2.05, 4.69) is 38.2 Å². The number of hydrogen-bond acceptors (Lipinski definition) is 6. The minimum absolute atomic E-state index is 0.504. The van der Waals surface area contributed by atoms with E-state index < -0.39 is 0 Å². The Morgan fingerprint density at radius 3 is 2.63 bits per heavy atom. The summed E-state index contributed by atoms with van der Waals surface area (Å²) in [7, 11) is 1.91. The first-order valence-corrected chi connectivity index (χ1v) is 10.6. The van der Waals surface area contributed by atoms with Gasteiger partial charge in [0, 0.05) is 50.7 Å². The van der Waals surface area contributed by atoms with E-state index in [1.807, 2.05) is 44.6 Å². The third kappa shape index (κ3) is 3.69. The predicted molar refractivity (Wildman–Crippen MR) is 114 cm³/mol. The summed E-state index contributed by atoms with van der Waals surface area (Å²) >= 11 is 0. The molecular weight excluding hydrogens is 376 g/mol. The van der Waals surface area contributed by atoms with Crippen LogP contribution in [-0.2, 0) is 13.6 Å². The van der Waals surface area contributed by atoms with Crippen LogP contribution in [0.3, 0.4) is 0 Å². The van der Waals surface area contributed by atoms with E-state index in [0.717, 1.165) is 30.1 Å². The average molecular weight is 405 g/mol. The molecule has 1 spiro atoms. The molecule has 156 valence electrons. The van der Waals surface area contributed by atoms with Crippen LogP contribution in [-0.4, -0.2) is 49.6 Å². The molecule has 0 aromatic carbocycles. The molecule has 5 rings (SSSR count). The van der Waals surface area contributed by atoms with Crippen molar-refractivity contribution >= 4 is 0 Å². The normalized spacial score (nSPS) is 18.2. The summed E-state index contributed by atoms with van der Waals surface area (Å²) < 4.78 is 7.71. The highest BCUT2D eigenvalue weighted by Crippen LogP contribution is 2.52. The zero-order valence-electron chi connectivity index (χ0n) is 17.9. The molecule has 7 nitrogen and oxygen atoms in total. The fourth-order valence-electron chi connectivity index (χ4n) is 5.05. The van der Waals surface area contributed by atoms with Crippen molar-refractivity contribution < 1.29 is 4.74 Å². The number of aryl methyl sites for hydroxylation is 3. The minimum Gasteiger partial charge on any atom is -0.476 e. The van der Waals surface area contributed by atoms with Crippen LogP contribution in [0.1, 0.15) is 29.8 Å². The maximum absolute atomic E-state index is 5.92. The lowest BCUT2D eigenvalue weighted by Crippen LogP contribution is -2.62. The highest BCUT2D eigenvalue weighted by atomic mass is 16.5. The SMILES string of the molecule is Cc1cccnc1CN1CC2(CC(COc3ccc(-c4cn(C)nc4C)nn3)C2)C1. The van der Waals surface area contributed by atoms with Crippen molar-refractivity contribution in [3.05, 3.63) is 53.6 Å². The molecule has 3 aromatic heterocycles. The highest BCUT2D eigenvalue weighted by Gasteiger charge is 2.52. The molecule has 1 saturated heterocycles. The van der Waals surface area contributed by atoms with Gasteiger partial charge < -0.3 is 4.74 Å². The molecule has 4 heterocycles. The van der Waals surface area contributed by atoms with Gasteiger partial charge in [0.1, 0.15) is 0 Å². The van der Waals surface area contributed by atoms with E-state index in [0.29, 0.717) is 17.2 Å². The first kappa shape index (κ1) is 19.2. The number of likely N-dealkylation sites (tertiary alicyclic amines) is 1. The van der Waals surface area contributed by atoms with Gasteiger partial charge in [-0.15, -0.1) is 10.2 Å². The van der Waals surface area contributed by atoms with Crippen LogP contribution >= 0.6 is 0 Å². The number of aromatic nitrogens is 5. The molecule has 30 heavy (non-hydrogen) atoms. The van der Waals surface area contributed by atoms with E-state index in [-0.39, 0.29) is 0 Å². The molecular formula is C23H28N6O. The van der Waals surface area contributed by atoms with Gasteiger partial charge >= 0.3 is 0 Å². The van der Waals surface area contributed by atoms with Gasteiger partial charge in [0.25, 0.3) is 0 Å². The maximum Gasteiger partial charge on any atom is 0.233 e. The van der Waals surface area contributed by atoms with Crippen molar-refractivity contribution in [3.8, 4) is 17.1 Å². The van der Waals surface area contributed by atoms with Crippen LogP contribution in [0.15, 0.2) is 36.7 Å². The second kappa shape index (κ2) is 7.47. The first-order chi connectivity index (χ1) is 14.5. The maximum atomic E-state index is 5.92. The molecule has 0 atom stereocenters. The molecule has 0 radical (unpaired) electrons. The van der Waals surface area contributed by atoms with Gasteiger partial charge in [-0.25, -0.2) is 0 Å². The van der Waals surface area contributed by atoms with Gasteiger partial charge in [0.05, 0.1) is 23.7 Å². The Morgan fingerprint density at radius 1 is 1.13 bits per heavy atom. The second-order valence-electron chi connectivity index (χ2n) is 9.06. The molecule has 0 unspecified atom stereocenters. The summed E-state index contributed by atoms with van der Waals surface area (Å²) in [5, 5.41) is 12.9. The molecule has 2 fully saturated rings. The molecule has 1 saturated carbocycles. The Balaban J connectivity index is 1.07. The Kier molecular flexibility index (Phi) is 4.77. The molecule has 3 aromatic rings. The van der Waals surface area contributed by atoms with Crippen molar-refractivity contribution in [2.24, 2.45) is 18.4 Å². The van der Waals surface area contributed by atoms with Crippen LogP contribution in [0.25, 0.3) is 11.3 Å². The summed E-state index contributed by atoms with van der Waals surface area (Å²) in [6.45, 7) is 8.17. The zero-order chi connectivity index (χ0) is 20.7. The summed E-state index contributed by atoms with van der Waals surface area (Å²) in [5.41, 5.74) is 5.78. The molecule has 2 aliphatic rings. The second-order valence-corrected chi connectivity index (χ2v) is 9.06. The van der Waals surface area contributed by atoms with E-state index in [9.17, 15) is 0 Å². The molecule has 0 N–H and O–H groups in total. The third-order valence-corrected chi connectivity index (χ3v) is 6.45. The summed E-state index contributed by atoms with van der Waals surface area (Å²) in [6.07, 6.45) is 6.34. The summed E-state index contributed by atoms with van der Waals surface area (Å²) in [4.78, 5) is 7.03. The Labute approximate surface area is 177 Å². The van der Waals surface area contributed by atoms with E-state index in [1.165, 1.54) is 37.2 Å². The fourth-order valence-corrected chi connectivity index (χ4v) is 5.05. The topological polar surface area (TPSA) is 69.0 Å². The van der Waals surface area contributed by atoms with Crippen LogP contribution in [0, 0.1) is 25.2 Å². The lowest BCUT2D eigenvalue weighted by atomic mass is 9.58. The number of pyridine rings is 1. The number of hydrogen-bond donors (Lipinski definition) is 0. The van der Waals surface area contributed by atoms with Gasteiger partial charge in [0.15, 0.2) is 0 Å². The fraction of sp³-hybridized carbons (Fsp3) is 0.478. The van der Waals surface area contributed by atoms with Crippen LogP contribution in [0.4, 0.5) is 0 Å². The van der Waals surface area contributed by atoms with E-state index in [1.54, 1.807) is 4.68 Å². The van der Waals surface area contributed by atoms with Crippen molar-refractivity contribution in [2.45, 2.75) is 33.2 Å². The van der Waals surface area contributed by atoms with Gasteiger partial charge in [-0.05, 0) is 55.7 Å². The Bertz CT molecular complexity index is 1030. The Hall–Kier alpha value is -2.80. The summed E-state index contributed by atoms with van der Waals surface area (Å²) in [6, 6.07) is 8.01. The quantitative estimate of drug-likeness (QED) is 0.629. The third-order valence-electron chi connectivity index (χ3n) is 6.45. The molecule has 0 bridgehead atoms. The Morgan fingerprint density at radius 2 is 1.97 bits per heavy atom. The monoisotopic (exact) mass is 404 g/mol. The molecule has 7 heteroatoms. The van der Waals surface area contributed by atoms with Gasteiger partial charge in [-0.1, -0.05) is 6.07 Å². The van der Waals surface area contributed by atoms with Gasteiger partial charge in [-0.3, -0.25) is 14.6 Å². The molecule has 1 aliphatic heterocycles. The number of ether oxygens (including phenoxy) is 1. The highest BCUT2D eigenvalue weighted by molar-refractivity contribution is 5.60. The average Bonchev–Trinajstić information content (AvgIpc) is 3.02. The molecule has 0 amide bonds. The largest absolute Gasteiger partial charge is 0.476 e. The van der Waals surface area contributed by atoms with Crippen LogP contribution in [0.5, 0.6) is 5.88 Å². The summed E-state index contributed by atoms with van der Waals surface area (Å²) in [5.74, 6) is 1.22. The lowest BCUT2D eigenvalue weighted by molar-refractivity contribution is -0.107. The number of nitrogens with zero attached hydrogens (tertiary/aromatic N) is 6. The van der Waals surface area contributed by atoms with Crippen molar-refractivity contribution in [1.29, 1.82) is 0 Å². The van der Waals surface area contributed by atoms with Crippen molar-refractivity contribution in [2.75, 3.05) is 19.7 Å². The smallest absolute Gasteiger partial charge is 0.233 e. The van der Waals surface area contributed by atoms with Crippen molar-refractivity contribution in [3.63, 3.8) is 0 Å². The lowest BCUT2D eigenvalue weighted by Gasteiger charge is -2.59.